The molecule has 6 atom stereocenters. The van der Waals surface area contributed by atoms with E-state index in [0.717, 1.165) is 22.2 Å². The Morgan fingerprint density at radius 1 is 1.03 bits per heavy atom. The van der Waals surface area contributed by atoms with Gasteiger partial charge in [-0.1, -0.05) is 42.1 Å². The third-order valence-electron chi connectivity index (χ3n) is 4.80. The minimum atomic E-state index is -1.41. The molecule has 30 heavy (non-hydrogen) atoms. The van der Waals surface area contributed by atoms with Gasteiger partial charge in [0.15, 0.2) is 0 Å². The van der Waals surface area contributed by atoms with Crippen LogP contribution in [0.3, 0.4) is 0 Å². The van der Waals surface area contributed by atoms with Crippen LogP contribution in [-0.4, -0.2) is 68.0 Å². The standard InChI is InChI=1S/C21H25NO6S2/c23-11-15-17(24)18(25)19(26)21(28-15)30-14-8-6-13(7-9-14)22-20(27)16(29)10-12-4-2-1-3-5-12/h1-9,15-19,21,23-26,29H,10-11H2,(H,22,27)/t15-,16-,17+,18+,19-,21+/m1/s1. The number of amides is 1. The predicted molar refractivity (Wildman–Crippen MR) is 118 cm³/mol. The number of thioether (sulfide) groups is 1. The molecule has 0 bridgehead atoms. The molecule has 2 aromatic rings. The highest BCUT2D eigenvalue weighted by Crippen LogP contribution is 2.33. The second-order valence-electron chi connectivity index (χ2n) is 7.03. The van der Waals surface area contributed by atoms with Crippen LogP contribution in [0.5, 0.6) is 0 Å². The summed E-state index contributed by atoms with van der Waals surface area (Å²) in [7, 11) is 0. The van der Waals surface area contributed by atoms with Crippen LogP contribution in [0, 0.1) is 0 Å². The Kier molecular flexibility index (Phi) is 8.18. The summed E-state index contributed by atoms with van der Waals surface area (Å²) < 4.78 is 5.49. The van der Waals surface area contributed by atoms with Gasteiger partial charge in [-0.15, -0.1) is 0 Å². The number of anilines is 1. The van der Waals surface area contributed by atoms with E-state index >= 15 is 0 Å². The molecule has 0 spiro atoms. The fraction of sp³-hybridized carbons (Fsp3) is 0.381. The smallest absolute Gasteiger partial charge is 0.237 e. The predicted octanol–water partition coefficient (Wildman–Crippen LogP) is 1.06. The van der Waals surface area contributed by atoms with Crippen LogP contribution in [0.1, 0.15) is 5.56 Å². The van der Waals surface area contributed by atoms with Gasteiger partial charge in [0.05, 0.1) is 11.9 Å². The minimum absolute atomic E-state index is 0.212. The van der Waals surface area contributed by atoms with Gasteiger partial charge in [0.25, 0.3) is 0 Å². The Morgan fingerprint density at radius 2 is 1.70 bits per heavy atom. The van der Waals surface area contributed by atoms with Crippen molar-refractivity contribution in [2.45, 2.75) is 46.4 Å². The molecule has 5 N–H and O–H groups in total. The van der Waals surface area contributed by atoms with Crippen molar-refractivity contribution in [3.8, 4) is 0 Å². The van der Waals surface area contributed by atoms with Gasteiger partial charge < -0.3 is 30.5 Å². The van der Waals surface area contributed by atoms with E-state index in [4.69, 9.17) is 4.74 Å². The van der Waals surface area contributed by atoms with Crippen LogP contribution in [-0.2, 0) is 16.0 Å². The number of ether oxygens (including phenoxy) is 1. The highest BCUT2D eigenvalue weighted by atomic mass is 32.2. The lowest BCUT2D eigenvalue weighted by molar-refractivity contribution is -0.205. The Bertz CT molecular complexity index is 820. The topological polar surface area (TPSA) is 119 Å². The second-order valence-corrected chi connectivity index (χ2v) is 8.83. The van der Waals surface area contributed by atoms with Crippen molar-refractivity contribution in [2.75, 3.05) is 11.9 Å². The lowest BCUT2D eigenvalue weighted by atomic mass is 10.0. The number of thiol groups is 1. The fourth-order valence-corrected chi connectivity index (χ4v) is 4.41. The minimum Gasteiger partial charge on any atom is -0.394 e. The van der Waals surface area contributed by atoms with E-state index < -0.39 is 41.7 Å². The zero-order chi connectivity index (χ0) is 21.7. The molecule has 1 fully saturated rings. The summed E-state index contributed by atoms with van der Waals surface area (Å²) in [6.45, 7) is -0.471. The molecule has 0 aliphatic carbocycles. The summed E-state index contributed by atoms with van der Waals surface area (Å²) >= 11 is 5.54. The zero-order valence-electron chi connectivity index (χ0n) is 16.0. The van der Waals surface area contributed by atoms with Gasteiger partial charge in [0.1, 0.15) is 29.9 Å². The SMILES string of the molecule is O=C(Nc1ccc(S[C@@H]2O[C@H](CO)[C@H](O)[C@H](O)[C@H]2O)cc1)[C@H](S)Cc1ccccc1. The monoisotopic (exact) mass is 451 g/mol. The van der Waals surface area contributed by atoms with Gasteiger partial charge in [-0.2, -0.15) is 12.6 Å². The molecule has 1 amide bonds. The quantitative estimate of drug-likeness (QED) is 0.348. The number of aliphatic hydroxyl groups excluding tert-OH is 4. The number of benzene rings is 2. The molecule has 0 aromatic heterocycles. The highest BCUT2D eigenvalue weighted by molar-refractivity contribution is 7.99. The molecule has 162 valence electrons. The summed E-state index contributed by atoms with van der Waals surface area (Å²) in [4.78, 5) is 13.1. The summed E-state index contributed by atoms with van der Waals surface area (Å²) in [5, 5.41) is 41.5. The van der Waals surface area contributed by atoms with E-state index in [2.05, 4.69) is 17.9 Å². The van der Waals surface area contributed by atoms with Crippen molar-refractivity contribution in [1.82, 2.24) is 0 Å². The first-order chi connectivity index (χ1) is 14.4. The normalized spacial score (nSPS) is 27.4. The molecular formula is C21H25NO6S2. The molecule has 2 aromatic carbocycles. The molecule has 1 aliphatic rings. The molecule has 0 saturated carbocycles. The van der Waals surface area contributed by atoms with E-state index in [1.807, 2.05) is 30.3 Å². The number of hydrogen-bond donors (Lipinski definition) is 6. The van der Waals surface area contributed by atoms with Crippen LogP contribution in [0.4, 0.5) is 5.69 Å². The molecule has 0 radical (unpaired) electrons. The molecule has 1 aliphatic heterocycles. The van der Waals surface area contributed by atoms with Crippen molar-refractivity contribution in [1.29, 1.82) is 0 Å². The molecule has 7 nitrogen and oxygen atoms in total. The molecule has 9 heteroatoms. The van der Waals surface area contributed by atoms with Crippen molar-refractivity contribution in [2.24, 2.45) is 0 Å². The van der Waals surface area contributed by atoms with E-state index in [1.165, 1.54) is 0 Å². The average molecular weight is 452 g/mol. The lowest BCUT2D eigenvalue weighted by Crippen LogP contribution is -2.57. The maximum atomic E-state index is 12.4. The highest BCUT2D eigenvalue weighted by Gasteiger charge is 2.43. The lowest BCUT2D eigenvalue weighted by Gasteiger charge is -2.39. The summed E-state index contributed by atoms with van der Waals surface area (Å²) in [5.74, 6) is -0.212. The first-order valence-electron chi connectivity index (χ1n) is 9.49. The van der Waals surface area contributed by atoms with Crippen LogP contribution >= 0.6 is 24.4 Å². The van der Waals surface area contributed by atoms with Gasteiger partial charge in [0.2, 0.25) is 5.91 Å². The Balaban J connectivity index is 1.56. The number of hydrogen-bond acceptors (Lipinski definition) is 8. The first kappa shape index (κ1) is 23.1. The number of carbonyl (C=O) groups excluding carboxylic acids is 1. The number of nitrogens with one attached hydrogen (secondary N) is 1. The molecule has 0 unspecified atom stereocenters. The largest absolute Gasteiger partial charge is 0.394 e. The molecular weight excluding hydrogens is 426 g/mol. The van der Waals surface area contributed by atoms with Crippen molar-refractivity contribution in [3.63, 3.8) is 0 Å². The maximum Gasteiger partial charge on any atom is 0.237 e. The van der Waals surface area contributed by atoms with Gasteiger partial charge >= 0.3 is 0 Å². The van der Waals surface area contributed by atoms with E-state index in [0.29, 0.717) is 12.1 Å². The van der Waals surface area contributed by atoms with Crippen molar-refractivity contribution >= 4 is 36.0 Å². The van der Waals surface area contributed by atoms with Gasteiger partial charge in [-0.25, -0.2) is 0 Å². The van der Waals surface area contributed by atoms with Crippen molar-refractivity contribution < 1.29 is 30.0 Å². The molecule has 1 saturated heterocycles. The van der Waals surface area contributed by atoms with E-state index in [9.17, 15) is 25.2 Å². The molecule has 1 heterocycles. The number of aliphatic hydroxyl groups is 4. The maximum absolute atomic E-state index is 12.4. The van der Waals surface area contributed by atoms with Crippen molar-refractivity contribution in [3.05, 3.63) is 60.2 Å². The van der Waals surface area contributed by atoms with Crippen LogP contribution in [0.2, 0.25) is 0 Å². The zero-order valence-corrected chi connectivity index (χ0v) is 17.7. The third kappa shape index (κ3) is 5.76. The van der Waals surface area contributed by atoms with Gasteiger partial charge in [-0.3, -0.25) is 4.79 Å². The third-order valence-corrected chi connectivity index (χ3v) is 6.38. The van der Waals surface area contributed by atoms with E-state index in [-0.39, 0.29) is 5.91 Å². The summed E-state index contributed by atoms with van der Waals surface area (Å²) in [6.07, 6.45) is -4.54. The summed E-state index contributed by atoms with van der Waals surface area (Å²) in [6, 6.07) is 16.6. The van der Waals surface area contributed by atoms with E-state index in [1.54, 1.807) is 24.3 Å². The second kappa shape index (κ2) is 10.6. The van der Waals surface area contributed by atoms with Gasteiger partial charge in [-0.05, 0) is 36.2 Å². The Labute approximate surface area is 184 Å². The molecule has 3 rings (SSSR count). The van der Waals surface area contributed by atoms with Gasteiger partial charge in [0, 0.05) is 10.6 Å². The fourth-order valence-electron chi connectivity index (χ4n) is 3.07. The Hall–Kier alpha value is -1.59. The van der Waals surface area contributed by atoms with Crippen LogP contribution in [0.25, 0.3) is 0 Å². The number of rotatable bonds is 7. The summed E-state index contributed by atoms with van der Waals surface area (Å²) in [5.41, 5.74) is 0.776. The number of carbonyl (C=O) groups is 1. The van der Waals surface area contributed by atoms with Crippen LogP contribution < -0.4 is 5.32 Å². The first-order valence-corrected chi connectivity index (χ1v) is 10.9. The van der Waals surface area contributed by atoms with Crippen LogP contribution in [0.15, 0.2) is 59.5 Å². The average Bonchev–Trinajstić information content (AvgIpc) is 2.76. The Morgan fingerprint density at radius 3 is 2.33 bits per heavy atom.